The summed E-state index contributed by atoms with van der Waals surface area (Å²) < 4.78 is 4.93. The van der Waals surface area contributed by atoms with Gasteiger partial charge < -0.3 is 14.3 Å². The predicted octanol–water partition coefficient (Wildman–Crippen LogP) is 2.50. The highest BCUT2D eigenvalue weighted by Crippen LogP contribution is 2.21. The van der Waals surface area contributed by atoms with E-state index in [1.54, 1.807) is 0 Å². The Morgan fingerprint density at radius 3 is 2.16 bits per heavy atom. The summed E-state index contributed by atoms with van der Waals surface area (Å²) in [6, 6.07) is 0. The zero-order chi connectivity index (χ0) is 15.3. The molecule has 0 saturated heterocycles. The van der Waals surface area contributed by atoms with Gasteiger partial charge >= 0.3 is 5.97 Å². The fourth-order valence-corrected chi connectivity index (χ4v) is 1.53. The smallest absolute Gasteiger partial charge is 0.302 e. The molecule has 0 aromatic carbocycles. The van der Waals surface area contributed by atoms with Crippen molar-refractivity contribution in [3.05, 3.63) is 36.0 Å². The Morgan fingerprint density at radius 2 is 1.68 bits per heavy atom. The molecular weight excluding hydrogens is 244 g/mol. The van der Waals surface area contributed by atoms with Crippen LogP contribution in [0.15, 0.2) is 36.0 Å². The first kappa shape index (κ1) is 19.4. The van der Waals surface area contributed by atoms with Crippen LogP contribution in [0.25, 0.3) is 0 Å². The van der Waals surface area contributed by atoms with Crippen LogP contribution in [0.2, 0.25) is 0 Å². The van der Waals surface area contributed by atoms with Gasteiger partial charge in [-0.3, -0.25) is 4.79 Å². The van der Waals surface area contributed by atoms with Crippen LogP contribution in [-0.2, 0) is 19.1 Å². The molecule has 0 aliphatic heterocycles. The van der Waals surface area contributed by atoms with Gasteiger partial charge in [0.2, 0.25) is 0 Å². The SMILES string of the molecule is C=O.C=O.CC(=O)OC/C(C)=C/C1C=CC=CC1C. The summed E-state index contributed by atoms with van der Waals surface area (Å²) in [5.41, 5.74) is 1.10. The van der Waals surface area contributed by atoms with E-state index in [0.29, 0.717) is 18.4 Å². The van der Waals surface area contributed by atoms with Crippen molar-refractivity contribution in [2.75, 3.05) is 6.61 Å². The van der Waals surface area contributed by atoms with E-state index < -0.39 is 0 Å². The minimum absolute atomic E-state index is 0.227. The first-order chi connectivity index (χ1) is 9.09. The number of carbonyl (C=O) groups excluding carboxylic acids is 3. The van der Waals surface area contributed by atoms with Crippen LogP contribution in [0.4, 0.5) is 0 Å². The number of rotatable bonds is 3. The quantitative estimate of drug-likeness (QED) is 0.581. The van der Waals surface area contributed by atoms with Gasteiger partial charge in [0.05, 0.1) is 0 Å². The lowest BCUT2D eigenvalue weighted by Crippen LogP contribution is -2.08. The highest BCUT2D eigenvalue weighted by atomic mass is 16.5. The molecule has 0 aromatic heterocycles. The van der Waals surface area contributed by atoms with Crippen LogP contribution in [0.5, 0.6) is 0 Å². The lowest BCUT2D eigenvalue weighted by molar-refractivity contribution is -0.140. The standard InChI is InChI=1S/C13H18O2.2CH2O/c1-10(9-15-12(3)14)8-13-7-5-4-6-11(13)2;2*1-2/h4-8,11,13H,9H2,1-3H3;2*1H2/b10-8+;;. The molecule has 0 saturated carbocycles. The number of hydrogen-bond acceptors (Lipinski definition) is 4. The van der Waals surface area contributed by atoms with E-state index in [0.717, 1.165) is 5.57 Å². The minimum Gasteiger partial charge on any atom is -0.461 e. The Hall–Kier alpha value is -1.97. The van der Waals surface area contributed by atoms with Crippen molar-refractivity contribution in [1.29, 1.82) is 0 Å². The number of ether oxygens (including phenoxy) is 1. The van der Waals surface area contributed by atoms with Gasteiger partial charge in [-0.15, -0.1) is 0 Å². The van der Waals surface area contributed by atoms with E-state index in [-0.39, 0.29) is 5.97 Å². The van der Waals surface area contributed by atoms with Crippen molar-refractivity contribution in [2.45, 2.75) is 20.8 Å². The van der Waals surface area contributed by atoms with Crippen molar-refractivity contribution in [3.63, 3.8) is 0 Å². The molecule has 1 aliphatic rings. The molecule has 0 spiro atoms. The summed E-state index contributed by atoms with van der Waals surface area (Å²) in [5, 5.41) is 0. The van der Waals surface area contributed by atoms with Gasteiger partial charge in [-0.1, -0.05) is 37.3 Å². The van der Waals surface area contributed by atoms with Crippen molar-refractivity contribution in [1.82, 2.24) is 0 Å². The zero-order valence-corrected chi connectivity index (χ0v) is 11.8. The van der Waals surface area contributed by atoms with E-state index in [1.165, 1.54) is 6.92 Å². The third-order valence-electron chi connectivity index (χ3n) is 2.45. The molecule has 2 atom stereocenters. The van der Waals surface area contributed by atoms with Crippen molar-refractivity contribution in [2.24, 2.45) is 11.8 Å². The van der Waals surface area contributed by atoms with E-state index in [4.69, 9.17) is 14.3 Å². The van der Waals surface area contributed by atoms with Crippen molar-refractivity contribution in [3.8, 4) is 0 Å². The normalized spacial score (nSPS) is 20.5. The van der Waals surface area contributed by atoms with Crippen molar-refractivity contribution >= 4 is 19.5 Å². The minimum atomic E-state index is -0.227. The maximum Gasteiger partial charge on any atom is 0.302 e. The molecule has 1 aliphatic carbocycles. The second kappa shape index (κ2) is 12.5. The Labute approximate surface area is 114 Å². The topological polar surface area (TPSA) is 60.4 Å². The largest absolute Gasteiger partial charge is 0.461 e. The highest BCUT2D eigenvalue weighted by Gasteiger charge is 2.11. The fourth-order valence-electron chi connectivity index (χ4n) is 1.53. The van der Waals surface area contributed by atoms with E-state index in [2.05, 4.69) is 37.3 Å². The average Bonchev–Trinajstić information content (AvgIpc) is 2.44. The van der Waals surface area contributed by atoms with Gasteiger partial charge in [-0.25, -0.2) is 0 Å². The molecule has 0 fully saturated rings. The summed E-state index contributed by atoms with van der Waals surface area (Å²) in [5.74, 6) is 0.711. The molecule has 0 bridgehead atoms. The molecule has 0 N–H and O–H groups in total. The second-order valence-electron chi connectivity index (χ2n) is 4.00. The van der Waals surface area contributed by atoms with Crippen LogP contribution in [-0.4, -0.2) is 26.2 Å². The van der Waals surface area contributed by atoms with E-state index >= 15 is 0 Å². The van der Waals surface area contributed by atoms with Gasteiger partial charge in [0.1, 0.15) is 20.2 Å². The first-order valence-electron chi connectivity index (χ1n) is 5.83. The van der Waals surface area contributed by atoms with Gasteiger partial charge in [0.25, 0.3) is 0 Å². The van der Waals surface area contributed by atoms with Crippen LogP contribution < -0.4 is 0 Å². The van der Waals surface area contributed by atoms with E-state index in [9.17, 15) is 4.79 Å². The molecule has 0 radical (unpaired) electrons. The maximum atomic E-state index is 10.6. The maximum absolute atomic E-state index is 10.6. The molecule has 2 unspecified atom stereocenters. The molecule has 4 nitrogen and oxygen atoms in total. The molecule has 1 rings (SSSR count). The van der Waals surface area contributed by atoms with Crippen molar-refractivity contribution < 1.29 is 19.1 Å². The molecular formula is C15H22O4. The molecule has 106 valence electrons. The Balaban J connectivity index is 0. The first-order valence-corrected chi connectivity index (χ1v) is 5.83. The molecule has 4 heteroatoms. The van der Waals surface area contributed by atoms with Crippen LogP contribution in [0, 0.1) is 11.8 Å². The Bertz CT molecular complexity index is 340. The number of hydrogen-bond donors (Lipinski definition) is 0. The summed E-state index contributed by atoms with van der Waals surface area (Å²) in [7, 11) is 0. The monoisotopic (exact) mass is 266 g/mol. The summed E-state index contributed by atoms with van der Waals surface area (Å²) in [6.45, 7) is 10.00. The molecule has 0 aromatic rings. The van der Waals surface area contributed by atoms with Crippen LogP contribution >= 0.6 is 0 Å². The lowest BCUT2D eigenvalue weighted by atomic mass is 9.89. The fraction of sp³-hybridized carbons (Fsp3) is 0.400. The molecule has 19 heavy (non-hydrogen) atoms. The van der Waals surface area contributed by atoms with Crippen LogP contribution in [0.1, 0.15) is 20.8 Å². The van der Waals surface area contributed by atoms with Gasteiger partial charge in [-0.05, 0) is 18.4 Å². The average molecular weight is 266 g/mol. The zero-order valence-electron chi connectivity index (χ0n) is 11.8. The van der Waals surface area contributed by atoms with Crippen LogP contribution in [0.3, 0.4) is 0 Å². The van der Waals surface area contributed by atoms with Gasteiger partial charge in [0.15, 0.2) is 0 Å². The summed E-state index contributed by atoms with van der Waals surface area (Å²) >= 11 is 0. The number of esters is 1. The predicted molar refractivity (Wildman–Crippen MR) is 75.6 cm³/mol. The lowest BCUT2D eigenvalue weighted by Gasteiger charge is -2.17. The highest BCUT2D eigenvalue weighted by molar-refractivity contribution is 5.66. The summed E-state index contributed by atoms with van der Waals surface area (Å²) in [6.07, 6.45) is 10.6. The van der Waals surface area contributed by atoms with E-state index in [1.807, 2.05) is 20.5 Å². The Morgan fingerprint density at radius 1 is 1.16 bits per heavy atom. The van der Waals surface area contributed by atoms with Gasteiger partial charge in [0, 0.05) is 12.8 Å². The third-order valence-corrected chi connectivity index (χ3v) is 2.45. The van der Waals surface area contributed by atoms with Gasteiger partial charge in [-0.2, -0.15) is 0 Å². The number of allylic oxidation sites excluding steroid dienone is 5. The third kappa shape index (κ3) is 9.71. The second-order valence-corrected chi connectivity index (χ2v) is 4.00. The number of carbonyl (C=O) groups is 3. The molecule has 0 amide bonds. The molecule has 0 heterocycles. The summed E-state index contributed by atoms with van der Waals surface area (Å²) in [4.78, 5) is 26.6. The Kier molecular flexibility index (Phi) is 12.7.